The number of aromatic nitrogens is 4. The zero-order valence-electron chi connectivity index (χ0n) is 10.8. The third-order valence-corrected chi connectivity index (χ3v) is 3.85. The SMILES string of the molecule is Cc1occc1-c1nnc(SCC(=O)Nc2nncs2)o1. The Bertz CT molecular complexity index is 737. The number of rotatable bonds is 5. The lowest BCUT2D eigenvalue weighted by Gasteiger charge is -1.97. The lowest BCUT2D eigenvalue weighted by Crippen LogP contribution is -2.13. The van der Waals surface area contributed by atoms with E-state index in [0.717, 1.165) is 17.3 Å². The summed E-state index contributed by atoms with van der Waals surface area (Å²) in [7, 11) is 0. The van der Waals surface area contributed by atoms with E-state index >= 15 is 0 Å². The van der Waals surface area contributed by atoms with Crippen molar-refractivity contribution in [2.75, 3.05) is 11.1 Å². The predicted molar refractivity (Wildman–Crippen MR) is 76.0 cm³/mol. The van der Waals surface area contributed by atoms with Crippen LogP contribution in [-0.2, 0) is 4.79 Å². The number of nitrogens with one attached hydrogen (secondary N) is 1. The highest BCUT2D eigenvalue weighted by atomic mass is 32.2. The minimum Gasteiger partial charge on any atom is -0.469 e. The van der Waals surface area contributed by atoms with Crippen molar-refractivity contribution in [3.05, 3.63) is 23.6 Å². The smallest absolute Gasteiger partial charge is 0.277 e. The van der Waals surface area contributed by atoms with Crippen molar-refractivity contribution in [1.29, 1.82) is 0 Å². The second kappa shape index (κ2) is 6.06. The molecule has 10 heteroatoms. The van der Waals surface area contributed by atoms with Gasteiger partial charge in [0.05, 0.1) is 17.6 Å². The van der Waals surface area contributed by atoms with E-state index in [4.69, 9.17) is 8.83 Å². The van der Waals surface area contributed by atoms with Gasteiger partial charge in [-0.1, -0.05) is 23.1 Å². The van der Waals surface area contributed by atoms with E-state index in [2.05, 4.69) is 25.7 Å². The second-order valence-electron chi connectivity index (χ2n) is 3.84. The zero-order valence-corrected chi connectivity index (χ0v) is 12.4. The van der Waals surface area contributed by atoms with Crippen LogP contribution in [0, 0.1) is 6.92 Å². The molecule has 3 heterocycles. The van der Waals surface area contributed by atoms with Gasteiger partial charge in [-0.15, -0.1) is 20.4 Å². The summed E-state index contributed by atoms with van der Waals surface area (Å²) in [6.07, 6.45) is 1.55. The Balaban J connectivity index is 1.58. The maximum Gasteiger partial charge on any atom is 0.277 e. The minimum atomic E-state index is -0.212. The van der Waals surface area contributed by atoms with Gasteiger partial charge in [0, 0.05) is 0 Å². The molecule has 0 radical (unpaired) electrons. The molecule has 3 rings (SSSR count). The first kappa shape index (κ1) is 13.8. The molecule has 0 atom stereocenters. The highest BCUT2D eigenvalue weighted by molar-refractivity contribution is 7.99. The van der Waals surface area contributed by atoms with E-state index in [0.29, 0.717) is 22.0 Å². The maximum absolute atomic E-state index is 11.7. The summed E-state index contributed by atoms with van der Waals surface area (Å²) >= 11 is 2.40. The molecule has 1 amide bonds. The molecule has 0 aliphatic heterocycles. The van der Waals surface area contributed by atoms with E-state index < -0.39 is 0 Å². The fourth-order valence-electron chi connectivity index (χ4n) is 1.49. The normalized spacial score (nSPS) is 10.7. The van der Waals surface area contributed by atoms with Crippen LogP contribution in [0.15, 0.2) is 31.9 Å². The molecule has 0 aliphatic rings. The molecular weight excluding hydrogens is 314 g/mol. The molecule has 0 spiro atoms. The molecule has 0 aromatic carbocycles. The summed E-state index contributed by atoms with van der Waals surface area (Å²) in [4.78, 5) is 11.7. The Morgan fingerprint density at radius 2 is 2.33 bits per heavy atom. The average molecular weight is 323 g/mol. The van der Waals surface area contributed by atoms with E-state index in [-0.39, 0.29) is 11.7 Å². The molecule has 108 valence electrons. The van der Waals surface area contributed by atoms with Gasteiger partial charge >= 0.3 is 0 Å². The third kappa shape index (κ3) is 3.28. The van der Waals surface area contributed by atoms with Crippen molar-refractivity contribution in [3.63, 3.8) is 0 Å². The molecule has 8 nitrogen and oxygen atoms in total. The number of aryl methyl sites for hydroxylation is 1. The van der Waals surface area contributed by atoms with Gasteiger partial charge in [-0.25, -0.2) is 0 Å². The first-order chi connectivity index (χ1) is 10.2. The van der Waals surface area contributed by atoms with Gasteiger partial charge in [-0.2, -0.15) is 0 Å². The van der Waals surface area contributed by atoms with Crippen LogP contribution in [-0.4, -0.2) is 32.1 Å². The second-order valence-corrected chi connectivity index (χ2v) is 5.60. The molecule has 3 aromatic heterocycles. The van der Waals surface area contributed by atoms with Crippen molar-refractivity contribution in [2.45, 2.75) is 12.1 Å². The Labute approximate surface area is 127 Å². The van der Waals surface area contributed by atoms with Crippen molar-refractivity contribution in [2.24, 2.45) is 0 Å². The average Bonchev–Trinajstić information content (AvgIpc) is 3.17. The molecule has 0 saturated carbocycles. The Morgan fingerprint density at radius 1 is 1.43 bits per heavy atom. The number of hydrogen-bond donors (Lipinski definition) is 1. The number of nitrogens with zero attached hydrogens (tertiary/aromatic N) is 4. The zero-order chi connectivity index (χ0) is 14.7. The summed E-state index contributed by atoms with van der Waals surface area (Å²) < 4.78 is 10.6. The van der Waals surface area contributed by atoms with Crippen molar-refractivity contribution >= 4 is 34.1 Å². The Kier molecular flexibility index (Phi) is 3.97. The van der Waals surface area contributed by atoms with Crippen LogP contribution in [0.4, 0.5) is 5.13 Å². The number of thioether (sulfide) groups is 1. The van der Waals surface area contributed by atoms with Gasteiger partial charge in [-0.05, 0) is 13.0 Å². The van der Waals surface area contributed by atoms with E-state index in [9.17, 15) is 4.79 Å². The lowest BCUT2D eigenvalue weighted by atomic mass is 10.3. The van der Waals surface area contributed by atoms with Gasteiger partial charge in [0.25, 0.3) is 11.1 Å². The summed E-state index contributed by atoms with van der Waals surface area (Å²) in [5.74, 6) is 1.000. The van der Waals surface area contributed by atoms with E-state index in [1.807, 2.05) is 6.92 Å². The van der Waals surface area contributed by atoms with Gasteiger partial charge in [0.2, 0.25) is 11.0 Å². The van der Waals surface area contributed by atoms with E-state index in [1.165, 1.54) is 11.3 Å². The Morgan fingerprint density at radius 3 is 3.05 bits per heavy atom. The largest absolute Gasteiger partial charge is 0.469 e. The van der Waals surface area contributed by atoms with Crippen molar-refractivity contribution in [3.8, 4) is 11.5 Å². The fraction of sp³-hybridized carbons (Fsp3) is 0.182. The molecule has 0 aliphatic carbocycles. The van der Waals surface area contributed by atoms with Crippen LogP contribution in [0.5, 0.6) is 0 Å². The molecule has 1 N–H and O–H groups in total. The fourth-order valence-corrected chi connectivity index (χ4v) is 2.52. The third-order valence-electron chi connectivity index (χ3n) is 2.43. The summed E-state index contributed by atoms with van der Waals surface area (Å²) in [6, 6.07) is 1.75. The molecular formula is C11H9N5O3S2. The van der Waals surface area contributed by atoms with Gasteiger partial charge < -0.3 is 8.83 Å². The van der Waals surface area contributed by atoms with Gasteiger partial charge in [0.15, 0.2) is 0 Å². The van der Waals surface area contributed by atoms with Crippen LogP contribution >= 0.6 is 23.1 Å². The van der Waals surface area contributed by atoms with Crippen molar-refractivity contribution < 1.29 is 13.6 Å². The van der Waals surface area contributed by atoms with Crippen molar-refractivity contribution in [1.82, 2.24) is 20.4 Å². The monoisotopic (exact) mass is 323 g/mol. The molecule has 21 heavy (non-hydrogen) atoms. The number of anilines is 1. The number of carbonyl (C=O) groups is 1. The highest BCUT2D eigenvalue weighted by Crippen LogP contribution is 2.26. The summed E-state index contributed by atoms with van der Waals surface area (Å²) in [5, 5.41) is 18.6. The topological polar surface area (TPSA) is 107 Å². The molecule has 3 aromatic rings. The molecule has 0 saturated heterocycles. The van der Waals surface area contributed by atoms with E-state index in [1.54, 1.807) is 17.8 Å². The van der Waals surface area contributed by atoms with Crippen LogP contribution in [0.1, 0.15) is 5.76 Å². The maximum atomic E-state index is 11.7. The molecule has 0 unspecified atom stereocenters. The number of hydrogen-bond acceptors (Lipinski definition) is 9. The predicted octanol–water partition coefficient (Wildman–Crippen LogP) is 2.22. The molecule has 0 fully saturated rings. The van der Waals surface area contributed by atoms with Gasteiger partial charge in [0.1, 0.15) is 11.3 Å². The van der Waals surface area contributed by atoms with Crippen LogP contribution in [0.3, 0.4) is 0 Å². The number of amides is 1. The standard InChI is InChI=1S/C11H9N5O3S2/c1-6-7(2-3-18-6)9-14-16-11(19-9)20-4-8(17)13-10-15-12-5-21-10/h2-3,5H,4H2,1H3,(H,13,15,17). The number of carbonyl (C=O) groups excluding carboxylic acids is 1. The molecule has 0 bridgehead atoms. The Hall–Kier alpha value is -2.20. The van der Waals surface area contributed by atoms with Gasteiger partial charge in [-0.3, -0.25) is 10.1 Å². The van der Waals surface area contributed by atoms with Crippen LogP contribution in [0.25, 0.3) is 11.5 Å². The summed E-state index contributed by atoms with van der Waals surface area (Å²) in [6.45, 7) is 1.81. The number of furan rings is 1. The van der Waals surface area contributed by atoms with Crippen LogP contribution < -0.4 is 5.32 Å². The minimum absolute atomic E-state index is 0.144. The first-order valence-corrected chi connectivity index (χ1v) is 7.65. The summed E-state index contributed by atoms with van der Waals surface area (Å²) in [5.41, 5.74) is 2.29. The highest BCUT2D eigenvalue weighted by Gasteiger charge is 2.14. The lowest BCUT2D eigenvalue weighted by molar-refractivity contribution is -0.113. The first-order valence-electron chi connectivity index (χ1n) is 5.79. The van der Waals surface area contributed by atoms with Crippen LogP contribution in [0.2, 0.25) is 0 Å². The quantitative estimate of drug-likeness (QED) is 0.712.